The molecule has 0 aromatic rings. The third-order valence-corrected chi connectivity index (χ3v) is 5.84. The zero-order chi connectivity index (χ0) is 15.6. The van der Waals surface area contributed by atoms with E-state index in [1.807, 2.05) is 9.80 Å². The van der Waals surface area contributed by atoms with E-state index >= 15 is 0 Å². The van der Waals surface area contributed by atoms with Crippen molar-refractivity contribution in [3.63, 3.8) is 0 Å². The van der Waals surface area contributed by atoms with Crippen LogP contribution in [0.2, 0.25) is 0 Å². The fourth-order valence-corrected chi connectivity index (χ4v) is 4.64. The predicted octanol–water partition coefficient (Wildman–Crippen LogP) is 1.81. The second-order valence-corrected chi connectivity index (χ2v) is 7.13. The quantitative estimate of drug-likeness (QED) is 0.796. The summed E-state index contributed by atoms with van der Waals surface area (Å²) in [4.78, 5) is 28.0. The minimum Gasteiger partial charge on any atom is -0.381 e. The van der Waals surface area contributed by atoms with E-state index in [4.69, 9.17) is 4.74 Å². The van der Waals surface area contributed by atoms with Gasteiger partial charge in [-0.15, -0.1) is 0 Å². The summed E-state index contributed by atoms with van der Waals surface area (Å²) in [5.74, 6) is 0.415. The first-order chi connectivity index (χ1) is 10.6. The van der Waals surface area contributed by atoms with E-state index in [1.165, 1.54) is 19.3 Å². The minimum absolute atomic E-state index is 0.187. The number of nitrogens with zero attached hydrogens (tertiary/aromatic N) is 2. The van der Waals surface area contributed by atoms with Gasteiger partial charge in [-0.25, -0.2) is 0 Å². The third-order valence-electron chi connectivity index (χ3n) is 5.84. The van der Waals surface area contributed by atoms with Crippen molar-refractivity contribution in [1.29, 1.82) is 0 Å². The molecule has 2 amide bonds. The number of carbonyl (C=O) groups excluding carboxylic acids is 2. The molecule has 0 aromatic heterocycles. The molecule has 2 atom stereocenters. The predicted molar refractivity (Wildman–Crippen MR) is 83.3 cm³/mol. The van der Waals surface area contributed by atoms with Crippen molar-refractivity contribution in [1.82, 2.24) is 9.80 Å². The summed E-state index contributed by atoms with van der Waals surface area (Å²) in [6, 6.07) is 0. The van der Waals surface area contributed by atoms with Crippen molar-refractivity contribution >= 4 is 11.8 Å². The summed E-state index contributed by atoms with van der Waals surface area (Å²) in [5.41, 5.74) is 0.187. The molecule has 0 bridgehead atoms. The number of ether oxygens (including phenoxy) is 1. The first kappa shape index (κ1) is 15.8. The Labute approximate surface area is 133 Å². The van der Waals surface area contributed by atoms with Crippen LogP contribution in [0.4, 0.5) is 0 Å². The van der Waals surface area contributed by atoms with Gasteiger partial charge in [0.1, 0.15) is 0 Å². The van der Waals surface area contributed by atoms with Gasteiger partial charge in [-0.1, -0.05) is 6.42 Å². The van der Waals surface area contributed by atoms with E-state index in [1.54, 1.807) is 7.11 Å². The highest BCUT2D eigenvalue weighted by Gasteiger charge is 2.46. The molecule has 22 heavy (non-hydrogen) atoms. The lowest BCUT2D eigenvalue weighted by Gasteiger charge is -2.43. The van der Waals surface area contributed by atoms with E-state index in [2.05, 4.69) is 0 Å². The maximum absolute atomic E-state index is 12.5. The zero-order valence-corrected chi connectivity index (χ0v) is 13.7. The van der Waals surface area contributed by atoms with Gasteiger partial charge in [0.05, 0.1) is 6.10 Å². The highest BCUT2D eigenvalue weighted by molar-refractivity contribution is 5.80. The molecule has 124 valence electrons. The van der Waals surface area contributed by atoms with E-state index in [0.29, 0.717) is 25.5 Å². The summed E-state index contributed by atoms with van der Waals surface area (Å²) < 4.78 is 5.70. The number of likely N-dealkylation sites (tertiary alicyclic amines) is 2. The fourth-order valence-electron chi connectivity index (χ4n) is 4.64. The monoisotopic (exact) mass is 308 g/mol. The molecule has 1 saturated carbocycles. The van der Waals surface area contributed by atoms with Gasteiger partial charge in [0.25, 0.3) is 0 Å². The molecule has 5 nitrogen and oxygen atoms in total. The largest absolute Gasteiger partial charge is 0.381 e. The van der Waals surface area contributed by atoms with Crippen molar-refractivity contribution < 1.29 is 14.3 Å². The maximum atomic E-state index is 12.5. The SMILES string of the molecule is CO[C@@H]1CCC[C@]12CCCN(C(=O)CCN1CCCC1=O)C2. The van der Waals surface area contributed by atoms with Crippen LogP contribution in [0.15, 0.2) is 0 Å². The lowest BCUT2D eigenvalue weighted by molar-refractivity contribution is -0.138. The van der Waals surface area contributed by atoms with Crippen LogP contribution < -0.4 is 0 Å². The maximum Gasteiger partial charge on any atom is 0.224 e. The molecule has 0 N–H and O–H groups in total. The Bertz CT molecular complexity index is 440. The van der Waals surface area contributed by atoms with Crippen molar-refractivity contribution in [3.05, 3.63) is 0 Å². The van der Waals surface area contributed by atoms with Gasteiger partial charge in [0, 0.05) is 51.5 Å². The summed E-state index contributed by atoms with van der Waals surface area (Å²) in [5, 5.41) is 0. The molecule has 2 aliphatic heterocycles. The summed E-state index contributed by atoms with van der Waals surface area (Å²) in [6.07, 6.45) is 8.14. The molecule has 0 aromatic carbocycles. The van der Waals surface area contributed by atoms with E-state index in [-0.39, 0.29) is 17.2 Å². The minimum atomic E-state index is 0.187. The molecule has 3 fully saturated rings. The summed E-state index contributed by atoms with van der Waals surface area (Å²) in [7, 11) is 1.80. The molecule has 1 spiro atoms. The second-order valence-electron chi connectivity index (χ2n) is 7.13. The van der Waals surface area contributed by atoms with Crippen LogP contribution in [0.1, 0.15) is 51.4 Å². The highest BCUT2D eigenvalue weighted by atomic mass is 16.5. The molecule has 0 radical (unpaired) electrons. The molecule has 3 aliphatic rings. The third kappa shape index (κ3) is 3.00. The fraction of sp³-hybridized carbons (Fsp3) is 0.882. The van der Waals surface area contributed by atoms with Crippen molar-refractivity contribution in [2.24, 2.45) is 5.41 Å². The number of hydrogen-bond donors (Lipinski definition) is 0. The van der Waals surface area contributed by atoms with Crippen LogP contribution in [-0.2, 0) is 14.3 Å². The smallest absolute Gasteiger partial charge is 0.224 e. The Morgan fingerprint density at radius 1 is 1.27 bits per heavy atom. The van der Waals surface area contributed by atoms with Crippen LogP contribution in [0.5, 0.6) is 0 Å². The molecular weight excluding hydrogens is 280 g/mol. The van der Waals surface area contributed by atoms with Crippen molar-refractivity contribution in [3.8, 4) is 0 Å². The van der Waals surface area contributed by atoms with Gasteiger partial charge in [0.2, 0.25) is 11.8 Å². The highest BCUT2D eigenvalue weighted by Crippen LogP contribution is 2.46. The summed E-state index contributed by atoms with van der Waals surface area (Å²) in [6.45, 7) is 3.12. The van der Waals surface area contributed by atoms with Gasteiger partial charge >= 0.3 is 0 Å². The Morgan fingerprint density at radius 2 is 2.09 bits per heavy atom. The van der Waals surface area contributed by atoms with Gasteiger partial charge < -0.3 is 14.5 Å². The Kier molecular flexibility index (Phi) is 4.71. The number of methoxy groups -OCH3 is 1. The topological polar surface area (TPSA) is 49.9 Å². The normalized spacial score (nSPS) is 32.2. The van der Waals surface area contributed by atoms with Crippen LogP contribution in [-0.4, -0.2) is 61.0 Å². The number of carbonyl (C=O) groups is 2. The van der Waals surface area contributed by atoms with Gasteiger partial charge in [-0.05, 0) is 32.1 Å². The number of hydrogen-bond acceptors (Lipinski definition) is 3. The van der Waals surface area contributed by atoms with Gasteiger partial charge in [-0.3, -0.25) is 9.59 Å². The van der Waals surface area contributed by atoms with Crippen LogP contribution >= 0.6 is 0 Å². The Balaban J connectivity index is 1.55. The average molecular weight is 308 g/mol. The second kappa shape index (κ2) is 6.57. The van der Waals surface area contributed by atoms with E-state index < -0.39 is 0 Å². The van der Waals surface area contributed by atoms with Crippen molar-refractivity contribution in [2.45, 2.75) is 57.5 Å². The molecule has 0 unspecified atom stereocenters. The van der Waals surface area contributed by atoms with Crippen LogP contribution in [0, 0.1) is 5.41 Å². The first-order valence-corrected chi connectivity index (χ1v) is 8.73. The first-order valence-electron chi connectivity index (χ1n) is 8.73. The standard InChI is InChI=1S/C17H28N2O3/c1-22-14-5-2-8-17(14)9-4-11-19(13-17)16(21)7-12-18-10-3-6-15(18)20/h14H,2-13H2,1H3/t14-,17-/m1/s1. The Hall–Kier alpha value is -1.10. The number of piperidine rings is 1. The molecule has 1 aliphatic carbocycles. The van der Waals surface area contributed by atoms with Gasteiger partial charge in [0.15, 0.2) is 0 Å². The van der Waals surface area contributed by atoms with Crippen LogP contribution in [0.25, 0.3) is 0 Å². The average Bonchev–Trinajstić information content (AvgIpc) is 3.11. The van der Waals surface area contributed by atoms with Crippen LogP contribution in [0.3, 0.4) is 0 Å². The zero-order valence-electron chi connectivity index (χ0n) is 13.7. The number of amides is 2. The van der Waals surface area contributed by atoms with E-state index in [0.717, 1.165) is 38.9 Å². The lowest BCUT2D eigenvalue weighted by atomic mass is 9.76. The summed E-state index contributed by atoms with van der Waals surface area (Å²) >= 11 is 0. The molecule has 3 rings (SSSR count). The molecule has 2 saturated heterocycles. The van der Waals surface area contributed by atoms with E-state index in [9.17, 15) is 9.59 Å². The Morgan fingerprint density at radius 3 is 2.82 bits per heavy atom. The molecule has 2 heterocycles. The molecule has 5 heteroatoms. The van der Waals surface area contributed by atoms with Crippen molar-refractivity contribution in [2.75, 3.05) is 33.3 Å². The lowest BCUT2D eigenvalue weighted by Crippen LogP contribution is -2.50. The molecular formula is C17H28N2O3. The van der Waals surface area contributed by atoms with Gasteiger partial charge in [-0.2, -0.15) is 0 Å². The number of rotatable bonds is 4.